The van der Waals surface area contributed by atoms with Gasteiger partial charge in [-0.15, -0.1) is 0 Å². The van der Waals surface area contributed by atoms with Crippen molar-refractivity contribution in [2.75, 3.05) is 37.3 Å². The first-order valence-corrected chi connectivity index (χ1v) is 12.4. The number of piperazine rings is 1. The summed E-state index contributed by atoms with van der Waals surface area (Å²) in [6.07, 6.45) is -2.86. The van der Waals surface area contributed by atoms with Crippen LogP contribution in [-0.2, 0) is 20.8 Å². The maximum absolute atomic E-state index is 12.9. The zero-order valence-electron chi connectivity index (χ0n) is 18.2. The number of carbonyl (C=O) groups is 1. The first-order chi connectivity index (χ1) is 15.9. The molecule has 1 saturated heterocycles. The molecule has 0 spiro atoms. The van der Waals surface area contributed by atoms with Crippen LogP contribution in [0.2, 0.25) is 0 Å². The molecule has 0 radical (unpaired) electrons. The summed E-state index contributed by atoms with van der Waals surface area (Å²) in [4.78, 5) is 27.1. The van der Waals surface area contributed by atoms with Crippen molar-refractivity contribution in [3.63, 3.8) is 0 Å². The van der Waals surface area contributed by atoms with E-state index in [-0.39, 0.29) is 28.3 Å². The molecule has 1 saturated carbocycles. The van der Waals surface area contributed by atoms with Gasteiger partial charge in [0.15, 0.2) is 9.84 Å². The highest BCUT2D eigenvalue weighted by Gasteiger charge is 2.46. The minimum Gasteiger partial charge on any atom is -0.362 e. The normalized spacial score (nSPS) is 20.8. The van der Waals surface area contributed by atoms with Gasteiger partial charge in [0.1, 0.15) is 5.69 Å². The van der Waals surface area contributed by atoms with Crippen LogP contribution in [0.25, 0.3) is 0 Å². The Morgan fingerprint density at radius 3 is 2.21 bits per heavy atom. The van der Waals surface area contributed by atoms with E-state index in [1.807, 2.05) is 0 Å². The molecule has 34 heavy (non-hydrogen) atoms. The van der Waals surface area contributed by atoms with Gasteiger partial charge in [0.05, 0.1) is 15.4 Å². The molecule has 2 aromatic carbocycles. The standard InChI is InChI=1S/C22H22F3N3O5S/c1-34(32,33)16-6-7-19(20(12-16)28(30)31)26-8-10-27(11-9-26)21(29)18-13-17(18)14-2-4-15(5-3-14)22(23,24)25/h2-7,12,17-18H,8-11,13H2,1H3. The number of anilines is 1. The van der Waals surface area contributed by atoms with Gasteiger partial charge < -0.3 is 9.80 Å². The summed E-state index contributed by atoms with van der Waals surface area (Å²) in [6.45, 7) is 1.34. The average molecular weight is 497 g/mol. The Hall–Kier alpha value is -3.15. The molecule has 2 atom stereocenters. The second-order valence-electron chi connectivity index (χ2n) is 8.56. The second-order valence-corrected chi connectivity index (χ2v) is 10.6. The van der Waals surface area contributed by atoms with E-state index >= 15 is 0 Å². The molecule has 8 nitrogen and oxygen atoms in total. The number of halogens is 3. The number of hydrogen-bond donors (Lipinski definition) is 0. The Morgan fingerprint density at radius 2 is 1.68 bits per heavy atom. The summed E-state index contributed by atoms with van der Waals surface area (Å²) in [6, 6.07) is 8.66. The minimum absolute atomic E-state index is 0.0773. The molecule has 2 aliphatic rings. The van der Waals surface area contributed by atoms with E-state index < -0.39 is 26.5 Å². The molecule has 0 bridgehead atoms. The van der Waals surface area contributed by atoms with Crippen LogP contribution in [0.4, 0.5) is 24.5 Å². The van der Waals surface area contributed by atoms with Crippen molar-refractivity contribution in [3.8, 4) is 0 Å². The number of nitrogens with zero attached hydrogens (tertiary/aromatic N) is 3. The Morgan fingerprint density at radius 1 is 1.06 bits per heavy atom. The van der Waals surface area contributed by atoms with Crippen LogP contribution in [0.3, 0.4) is 0 Å². The topological polar surface area (TPSA) is 101 Å². The Balaban J connectivity index is 1.39. The molecule has 2 unspecified atom stereocenters. The number of nitro benzene ring substituents is 1. The summed E-state index contributed by atoms with van der Waals surface area (Å²) in [5, 5.41) is 11.5. The average Bonchev–Trinajstić information content (AvgIpc) is 3.58. The fourth-order valence-electron chi connectivity index (χ4n) is 4.31. The molecular weight excluding hydrogens is 475 g/mol. The molecule has 1 amide bonds. The zero-order chi connectivity index (χ0) is 24.8. The van der Waals surface area contributed by atoms with E-state index in [0.717, 1.165) is 24.5 Å². The van der Waals surface area contributed by atoms with Crippen LogP contribution < -0.4 is 4.90 Å². The van der Waals surface area contributed by atoms with Gasteiger partial charge in [-0.1, -0.05) is 12.1 Å². The van der Waals surface area contributed by atoms with Gasteiger partial charge in [-0.25, -0.2) is 8.42 Å². The van der Waals surface area contributed by atoms with Gasteiger partial charge >= 0.3 is 6.18 Å². The predicted molar refractivity (Wildman–Crippen MR) is 117 cm³/mol. The molecular formula is C22H22F3N3O5S. The Kier molecular flexibility index (Phi) is 6.05. The minimum atomic E-state index is -4.41. The summed E-state index contributed by atoms with van der Waals surface area (Å²) < 4.78 is 61.7. The lowest BCUT2D eigenvalue weighted by Crippen LogP contribution is -2.49. The van der Waals surface area contributed by atoms with Gasteiger partial charge in [0.2, 0.25) is 5.91 Å². The highest BCUT2D eigenvalue weighted by Crippen LogP contribution is 2.49. The largest absolute Gasteiger partial charge is 0.416 e. The van der Waals surface area contributed by atoms with Crippen LogP contribution in [0.15, 0.2) is 47.4 Å². The predicted octanol–water partition coefficient (Wildman–Crippen LogP) is 3.47. The number of nitro groups is 1. The Bertz CT molecular complexity index is 1220. The van der Waals surface area contributed by atoms with Gasteiger partial charge in [0.25, 0.3) is 5.69 Å². The first-order valence-electron chi connectivity index (χ1n) is 10.6. The number of hydrogen-bond acceptors (Lipinski definition) is 6. The third-order valence-electron chi connectivity index (χ3n) is 6.28. The molecule has 0 aromatic heterocycles. The maximum Gasteiger partial charge on any atom is 0.416 e. The smallest absolute Gasteiger partial charge is 0.362 e. The van der Waals surface area contributed by atoms with E-state index in [0.29, 0.717) is 43.9 Å². The summed E-state index contributed by atoms with van der Waals surface area (Å²) in [7, 11) is -3.60. The third kappa shape index (κ3) is 4.86. The fourth-order valence-corrected chi connectivity index (χ4v) is 4.95. The molecule has 12 heteroatoms. The van der Waals surface area contributed by atoms with Gasteiger partial charge in [-0.3, -0.25) is 14.9 Å². The van der Waals surface area contributed by atoms with Crippen molar-refractivity contribution in [2.45, 2.75) is 23.4 Å². The maximum atomic E-state index is 12.9. The molecule has 1 heterocycles. The summed E-state index contributed by atoms with van der Waals surface area (Å²) in [5.74, 6) is -0.476. The third-order valence-corrected chi connectivity index (χ3v) is 7.39. The molecule has 1 aliphatic heterocycles. The van der Waals surface area contributed by atoms with Crippen LogP contribution in [0, 0.1) is 16.0 Å². The van der Waals surface area contributed by atoms with Crippen LogP contribution in [-0.4, -0.2) is 56.6 Å². The van der Waals surface area contributed by atoms with Gasteiger partial charge in [-0.05, 0) is 42.2 Å². The van der Waals surface area contributed by atoms with E-state index in [1.54, 1.807) is 9.80 Å². The SMILES string of the molecule is CS(=O)(=O)c1ccc(N2CCN(C(=O)C3CC3c3ccc(C(F)(F)F)cc3)CC2)c([N+](=O)[O-])c1. The van der Waals surface area contributed by atoms with Crippen molar-refractivity contribution >= 4 is 27.1 Å². The van der Waals surface area contributed by atoms with E-state index in [9.17, 15) is 36.5 Å². The monoisotopic (exact) mass is 497 g/mol. The van der Waals surface area contributed by atoms with Gasteiger partial charge in [-0.2, -0.15) is 13.2 Å². The number of amides is 1. The van der Waals surface area contributed by atoms with Crippen molar-refractivity contribution in [1.82, 2.24) is 4.90 Å². The fraction of sp³-hybridized carbons (Fsp3) is 0.409. The lowest BCUT2D eigenvalue weighted by Gasteiger charge is -2.36. The quantitative estimate of drug-likeness (QED) is 0.463. The first kappa shape index (κ1) is 24.0. The molecule has 1 aliphatic carbocycles. The van der Waals surface area contributed by atoms with Crippen LogP contribution in [0.5, 0.6) is 0 Å². The van der Waals surface area contributed by atoms with Gasteiger partial charge in [0, 0.05) is 44.4 Å². The highest BCUT2D eigenvalue weighted by molar-refractivity contribution is 7.90. The molecule has 182 valence electrons. The van der Waals surface area contributed by atoms with Crippen molar-refractivity contribution in [1.29, 1.82) is 0 Å². The lowest BCUT2D eigenvalue weighted by atomic mass is 10.1. The van der Waals surface area contributed by atoms with Crippen LogP contribution >= 0.6 is 0 Å². The van der Waals surface area contributed by atoms with Crippen LogP contribution in [0.1, 0.15) is 23.5 Å². The number of carbonyl (C=O) groups excluding carboxylic acids is 1. The van der Waals surface area contributed by atoms with E-state index in [2.05, 4.69) is 0 Å². The van der Waals surface area contributed by atoms with E-state index in [1.165, 1.54) is 24.3 Å². The number of rotatable bonds is 5. The Labute approximate surface area is 194 Å². The molecule has 2 fully saturated rings. The second kappa shape index (κ2) is 8.57. The number of alkyl halides is 3. The number of benzene rings is 2. The summed E-state index contributed by atoms with van der Waals surface area (Å²) >= 11 is 0. The molecule has 2 aromatic rings. The molecule has 0 N–H and O–H groups in total. The van der Waals surface area contributed by atoms with Crippen molar-refractivity contribution in [2.24, 2.45) is 5.92 Å². The zero-order valence-corrected chi connectivity index (χ0v) is 19.0. The lowest BCUT2D eigenvalue weighted by molar-refractivity contribution is -0.384. The van der Waals surface area contributed by atoms with Crippen molar-refractivity contribution in [3.05, 3.63) is 63.7 Å². The van der Waals surface area contributed by atoms with Crippen molar-refractivity contribution < 1.29 is 31.3 Å². The highest BCUT2D eigenvalue weighted by atomic mass is 32.2. The molecule has 4 rings (SSSR count). The number of sulfone groups is 1. The summed E-state index contributed by atoms with van der Waals surface area (Å²) in [5.41, 5.74) is -0.0491. The van der Waals surface area contributed by atoms with E-state index in [4.69, 9.17) is 0 Å².